The summed E-state index contributed by atoms with van der Waals surface area (Å²) >= 11 is 5.39. The van der Waals surface area contributed by atoms with Crippen molar-refractivity contribution in [3.05, 3.63) is 123 Å². The summed E-state index contributed by atoms with van der Waals surface area (Å²) in [4.78, 5) is 12.5. The van der Waals surface area contributed by atoms with Crippen molar-refractivity contribution in [2.75, 3.05) is 0 Å². The van der Waals surface area contributed by atoms with Gasteiger partial charge in [0.1, 0.15) is 0 Å². The summed E-state index contributed by atoms with van der Waals surface area (Å²) in [6.45, 7) is 4.11. The standard InChI is InChI=1S/C28H26BrN3OS/c1-20-15-25(21(2)32(20)27-10-6-9-26(29)16-27)17-30-31-28(33)24-13-11-23(12-14-24)19-34-18-22-7-4-3-5-8-22/h3-17H,18-19H2,1-2H3,(H,31,33)/b30-17-. The number of rotatable bonds is 8. The second kappa shape index (κ2) is 11.4. The van der Waals surface area contributed by atoms with Gasteiger partial charge in [-0.2, -0.15) is 16.9 Å². The van der Waals surface area contributed by atoms with Crippen molar-refractivity contribution in [3.63, 3.8) is 0 Å². The quantitative estimate of drug-likeness (QED) is 0.195. The fourth-order valence-corrected chi connectivity index (χ4v) is 5.11. The number of hydrogen-bond acceptors (Lipinski definition) is 3. The van der Waals surface area contributed by atoms with E-state index < -0.39 is 0 Å². The molecule has 1 amide bonds. The fraction of sp³-hybridized carbons (Fsp3) is 0.143. The summed E-state index contributed by atoms with van der Waals surface area (Å²) in [6, 6.07) is 28.4. The van der Waals surface area contributed by atoms with Crippen molar-refractivity contribution in [1.29, 1.82) is 0 Å². The lowest BCUT2D eigenvalue weighted by atomic mass is 10.1. The molecule has 0 aliphatic heterocycles. The third-order valence-electron chi connectivity index (χ3n) is 5.50. The Morgan fingerprint density at radius 3 is 2.35 bits per heavy atom. The first-order valence-corrected chi connectivity index (χ1v) is 12.9. The lowest BCUT2D eigenvalue weighted by Gasteiger charge is -2.09. The molecule has 1 heterocycles. The zero-order chi connectivity index (χ0) is 23.9. The molecule has 0 fully saturated rings. The summed E-state index contributed by atoms with van der Waals surface area (Å²) in [6.07, 6.45) is 1.70. The van der Waals surface area contributed by atoms with E-state index in [9.17, 15) is 4.79 Å². The van der Waals surface area contributed by atoms with Crippen LogP contribution in [0.5, 0.6) is 0 Å². The number of nitrogens with one attached hydrogen (secondary N) is 1. The highest BCUT2D eigenvalue weighted by molar-refractivity contribution is 9.10. The predicted octanol–water partition coefficient (Wildman–Crippen LogP) is 7.05. The Kier molecular flexibility index (Phi) is 8.03. The van der Waals surface area contributed by atoms with Gasteiger partial charge in [0.15, 0.2) is 0 Å². The molecule has 0 unspecified atom stereocenters. The number of aromatic nitrogens is 1. The van der Waals surface area contributed by atoms with E-state index in [4.69, 9.17) is 0 Å². The average molecular weight is 533 g/mol. The van der Waals surface area contributed by atoms with E-state index in [1.165, 1.54) is 11.1 Å². The number of nitrogens with zero attached hydrogens (tertiary/aromatic N) is 2. The molecule has 0 saturated heterocycles. The van der Waals surface area contributed by atoms with E-state index in [1.54, 1.807) is 6.21 Å². The first kappa shape index (κ1) is 24.0. The van der Waals surface area contributed by atoms with Crippen LogP contribution >= 0.6 is 27.7 Å². The van der Waals surface area contributed by atoms with Crippen LogP contribution in [0.1, 0.15) is 38.4 Å². The third-order valence-corrected chi connectivity index (χ3v) is 7.07. The summed E-state index contributed by atoms with van der Waals surface area (Å²) < 4.78 is 3.20. The molecule has 4 nitrogen and oxygen atoms in total. The number of carbonyl (C=O) groups excluding carboxylic acids is 1. The number of hydrogen-bond donors (Lipinski definition) is 1. The van der Waals surface area contributed by atoms with E-state index in [1.807, 2.05) is 61.2 Å². The normalized spacial score (nSPS) is 11.1. The van der Waals surface area contributed by atoms with Gasteiger partial charge in [0.05, 0.1) is 6.21 Å². The Labute approximate surface area is 213 Å². The van der Waals surface area contributed by atoms with Crippen LogP contribution in [0.2, 0.25) is 0 Å². The van der Waals surface area contributed by atoms with Gasteiger partial charge in [-0.1, -0.05) is 64.5 Å². The molecule has 0 spiro atoms. The van der Waals surface area contributed by atoms with Crippen LogP contribution in [0.15, 0.2) is 94.5 Å². The van der Waals surface area contributed by atoms with Gasteiger partial charge >= 0.3 is 0 Å². The summed E-state index contributed by atoms with van der Waals surface area (Å²) in [5, 5.41) is 4.20. The number of aryl methyl sites for hydroxylation is 1. The zero-order valence-corrected chi connectivity index (χ0v) is 21.6. The van der Waals surface area contributed by atoms with Crippen molar-refractivity contribution in [2.24, 2.45) is 5.10 Å². The molecule has 1 aromatic heterocycles. The highest BCUT2D eigenvalue weighted by Crippen LogP contribution is 2.22. The van der Waals surface area contributed by atoms with Gasteiger partial charge in [0.25, 0.3) is 5.91 Å². The number of halogens is 1. The van der Waals surface area contributed by atoms with E-state index in [0.717, 1.165) is 38.6 Å². The van der Waals surface area contributed by atoms with Crippen LogP contribution in [0.25, 0.3) is 5.69 Å². The second-order valence-corrected chi connectivity index (χ2v) is 9.92. The number of benzene rings is 3. The van der Waals surface area contributed by atoms with Gasteiger partial charge in [-0.15, -0.1) is 0 Å². The summed E-state index contributed by atoms with van der Waals surface area (Å²) in [5.41, 5.74) is 9.95. The zero-order valence-electron chi connectivity index (χ0n) is 19.2. The van der Waals surface area contributed by atoms with Gasteiger partial charge in [-0.3, -0.25) is 4.79 Å². The molecule has 0 saturated carbocycles. The molecular formula is C28H26BrN3OS. The molecule has 4 rings (SSSR count). The average Bonchev–Trinajstić information content (AvgIpc) is 3.13. The molecule has 172 valence electrons. The Morgan fingerprint density at radius 1 is 0.941 bits per heavy atom. The van der Waals surface area contributed by atoms with Crippen LogP contribution in [0.3, 0.4) is 0 Å². The van der Waals surface area contributed by atoms with Crippen LogP contribution in [-0.4, -0.2) is 16.7 Å². The van der Waals surface area contributed by atoms with Crippen molar-refractivity contribution in [1.82, 2.24) is 9.99 Å². The highest BCUT2D eigenvalue weighted by Gasteiger charge is 2.10. The second-order valence-electron chi connectivity index (χ2n) is 8.02. The molecule has 34 heavy (non-hydrogen) atoms. The first-order valence-electron chi connectivity index (χ1n) is 11.0. The maximum Gasteiger partial charge on any atom is 0.271 e. The monoisotopic (exact) mass is 531 g/mol. The largest absolute Gasteiger partial charge is 0.318 e. The van der Waals surface area contributed by atoms with E-state index in [2.05, 4.69) is 80.4 Å². The molecule has 0 bridgehead atoms. The molecule has 6 heteroatoms. The Balaban J connectivity index is 1.34. The van der Waals surface area contributed by atoms with E-state index >= 15 is 0 Å². The third kappa shape index (κ3) is 6.07. The van der Waals surface area contributed by atoms with Gasteiger partial charge in [0.2, 0.25) is 0 Å². The van der Waals surface area contributed by atoms with E-state index in [0.29, 0.717) is 5.56 Å². The van der Waals surface area contributed by atoms with Crippen molar-refractivity contribution < 1.29 is 4.79 Å². The minimum Gasteiger partial charge on any atom is -0.318 e. The Bertz CT molecular complexity index is 1300. The van der Waals surface area contributed by atoms with Crippen molar-refractivity contribution in [3.8, 4) is 5.69 Å². The number of thioether (sulfide) groups is 1. The van der Waals surface area contributed by atoms with E-state index in [-0.39, 0.29) is 5.91 Å². The minimum atomic E-state index is -0.222. The smallest absolute Gasteiger partial charge is 0.271 e. The molecule has 4 aromatic rings. The highest BCUT2D eigenvalue weighted by atomic mass is 79.9. The van der Waals surface area contributed by atoms with Crippen molar-refractivity contribution >= 4 is 39.8 Å². The molecular weight excluding hydrogens is 506 g/mol. The lowest BCUT2D eigenvalue weighted by Crippen LogP contribution is -2.17. The summed E-state index contributed by atoms with van der Waals surface area (Å²) in [5.74, 6) is 1.66. The molecule has 3 aromatic carbocycles. The van der Waals surface area contributed by atoms with Gasteiger partial charge in [0, 0.05) is 44.2 Å². The maximum absolute atomic E-state index is 12.5. The Morgan fingerprint density at radius 2 is 1.65 bits per heavy atom. The topological polar surface area (TPSA) is 46.4 Å². The Hall–Kier alpha value is -3.09. The number of amides is 1. The molecule has 0 aliphatic carbocycles. The molecule has 0 atom stereocenters. The van der Waals surface area contributed by atoms with Gasteiger partial charge in [-0.05, 0) is 61.4 Å². The number of hydrazone groups is 1. The van der Waals surface area contributed by atoms with Gasteiger partial charge in [-0.25, -0.2) is 5.43 Å². The lowest BCUT2D eigenvalue weighted by molar-refractivity contribution is 0.0955. The van der Waals surface area contributed by atoms with Crippen LogP contribution in [0, 0.1) is 13.8 Å². The molecule has 1 N–H and O–H groups in total. The number of carbonyl (C=O) groups is 1. The van der Waals surface area contributed by atoms with Crippen LogP contribution < -0.4 is 5.43 Å². The maximum atomic E-state index is 12.5. The fourth-order valence-electron chi connectivity index (χ4n) is 3.77. The van der Waals surface area contributed by atoms with Gasteiger partial charge < -0.3 is 4.57 Å². The van der Waals surface area contributed by atoms with Crippen LogP contribution in [-0.2, 0) is 11.5 Å². The molecule has 0 aliphatic rings. The predicted molar refractivity (Wildman–Crippen MR) is 146 cm³/mol. The minimum absolute atomic E-state index is 0.222. The van der Waals surface area contributed by atoms with Crippen LogP contribution in [0.4, 0.5) is 0 Å². The van der Waals surface area contributed by atoms with Crippen molar-refractivity contribution in [2.45, 2.75) is 25.4 Å². The summed E-state index contributed by atoms with van der Waals surface area (Å²) in [7, 11) is 0. The SMILES string of the molecule is Cc1cc(/C=N\NC(=O)c2ccc(CSCc3ccccc3)cc2)c(C)n1-c1cccc(Br)c1. The first-order chi connectivity index (χ1) is 16.5. The molecule has 0 radical (unpaired) electrons.